The molecular formula is C24H21F3N6O3. The van der Waals surface area contributed by atoms with E-state index in [1.165, 1.54) is 28.8 Å². The highest BCUT2D eigenvalue weighted by atomic mass is 19.4. The van der Waals surface area contributed by atoms with Gasteiger partial charge in [0.25, 0.3) is 0 Å². The molecule has 2 aromatic heterocycles. The fourth-order valence-electron chi connectivity index (χ4n) is 4.66. The maximum absolute atomic E-state index is 12.5. The third-order valence-electron chi connectivity index (χ3n) is 6.51. The number of oxime groups is 1. The molecule has 0 N–H and O–H groups in total. The van der Waals surface area contributed by atoms with Crippen LogP contribution in [0.1, 0.15) is 36.9 Å². The summed E-state index contributed by atoms with van der Waals surface area (Å²) in [7, 11) is 1.61. The normalized spacial score (nSPS) is 20.1. The molecule has 0 saturated carbocycles. The van der Waals surface area contributed by atoms with Crippen molar-refractivity contribution in [2.45, 2.75) is 37.6 Å². The number of alkyl halides is 3. The second-order valence-electron chi connectivity index (χ2n) is 8.85. The molecule has 1 atom stereocenters. The molecule has 0 amide bonds. The highest BCUT2D eigenvalue weighted by Crippen LogP contribution is 2.37. The molecule has 5 rings (SSSR count). The smallest absolute Gasteiger partial charge is 0.406 e. The standard InChI is InChI=1S/C24H21F3N6O3/c1-32-19-8-5-16(14-28)29-20(19)21(30-22(32)34)33-11-2-9-23(10-12-33)13-18(31-36-23)15-3-6-17(7-4-15)35-24(25,26)27/h3-8H,2,9-13H2,1H3/t23-/m1/s1. The van der Waals surface area contributed by atoms with Crippen LogP contribution in [-0.4, -0.2) is 45.3 Å². The molecular weight excluding hydrogens is 477 g/mol. The van der Waals surface area contributed by atoms with Crippen molar-refractivity contribution in [1.29, 1.82) is 5.26 Å². The Morgan fingerprint density at radius 1 is 1.11 bits per heavy atom. The van der Waals surface area contributed by atoms with Crippen LogP contribution < -0.4 is 15.3 Å². The number of hydrogen-bond acceptors (Lipinski definition) is 8. The zero-order valence-corrected chi connectivity index (χ0v) is 19.2. The molecule has 1 aromatic carbocycles. The molecule has 1 spiro atoms. The van der Waals surface area contributed by atoms with Gasteiger partial charge in [0.05, 0.1) is 11.2 Å². The van der Waals surface area contributed by atoms with Crippen LogP contribution in [0.5, 0.6) is 5.75 Å². The largest absolute Gasteiger partial charge is 0.573 e. The molecule has 36 heavy (non-hydrogen) atoms. The van der Waals surface area contributed by atoms with E-state index in [1.807, 2.05) is 11.0 Å². The highest BCUT2D eigenvalue weighted by Gasteiger charge is 2.41. The first-order valence-electron chi connectivity index (χ1n) is 11.3. The third-order valence-corrected chi connectivity index (χ3v) is 6.51. The number of rotatable bonds is 3. The number of hydrogen-bond donors (Lipinski definition) is 0. The van der Waals surface area contributed by atoms with Crippen LogP contribution in [0.15, 0.2) is 46.3 Å². The van der Waals surface area contributed by atoms with E-state index < -0.39 is 17.7 Å². The van der Waals surface area contributed by atoms with Crippen molar-refractivity contribution in [1.82, 2.24) is 14.5 Å². The number of aryl methyl sites for hydroxylation is 1. The van der Waals surface area contributed by atoms with Crippen molar-refractivity contribution >= 4 is 22.6 Å². The van der Waals surface area contributed by atoms with E-state index >= 15 is 0 Å². The average molecular weight is 498 g/mol. The summed E-state index contributed by atoms with van der Waals surface area (Å²) >= 11 is 0. The Morgan fingerprint density at radius 2 is 1.89 bits per heavy atom. The first-order chi connectivity index (χ1) is 17.2. The van der Waals surface area contributed by atoms with Gasteiger partial charge in [-0.05, 0) is 54.8 Å². The molecule has 2 aliphatic rings. The maximum atomic E-state index is 12.5. The van der Waals surface area contributed by atoms with Gasteiger partial charge >= 0.3 is 12.1 Å². The molecule has 0 aliphatic carbocycles. The van der Waals surface area contributed by atoms with E-state index in [0.717, 1.165) is 6.42 Å². The van der Waals surface area contributed by atoms with Gasteiger partial charge in [0.15, 0.2) is 5.82 Å². The Balaban J connectivity index is 1.34. The van der Waals surface area contributed by atoms with Crippen LogP contribution in [0.4, 0.5) is 19.0 Å². The SMILES string of the molecule is Cn1c(=O)nc(N2CCC[C@@]3(CC2)CC(c2ccc(OC(F)(F)F)cc2)=NO3)c2nc(C#N)ccc21. The van der Waals surface area contributed by atoms with Gasteiger partial charge in [0.1, 0.15) is 28.6 Å². The van der Waals surface area contributed by atoms with Crippen LogP contribution >= 0.6 is 0 Å². The van der Waals surface area contributed by atoms with Crippen molar-refractivity contribution in [2.24, 2.45) is 12.2 Å². The second kappa shape index (κ2) is 8.82. The van der Waals surface area contributed by atoms with Gasteiger partial charge in [-0.25, -0.2) is 9.78 Å². The van der Waals surface area contributed by atoms with Crippen LogP contribution in [0.3, 0.4) is 0 Å². The molecule has 186 valence electrons. The molecule has 3 aromatic rings. The van der Waals surface area contributed by atoms with Gasteiger partial charge in [-0.1, -0.05) is 5.16 Å². The maximum Gasteiger partial charge on any atom is 0.573 e. The minimum Gasteiger partial charge on any atom is -0.406 e. The lowest BCUT2D eigenvalue weighted by Crippen LogP contribution is -2.33. The lowest BCUT2D eigenvalue weighted by molar-refractivity contribution is -0.274. The predicted octanol–water partition coefficient (Wildman–Crippen LogP) is 3.65. The summed E-state index contributed by atoms with van der Waals surface area (Å²) in [4.78, 5) is 29.0. The Hall–Kier alpha value is -4.14. The Kier molecular flexibility index (Phi) is 5.78. The van der Waals surface area contributed by atoms with Crippen molar-refractivity contribution in [3.8, 4) is 11.8 Å². The zero-order valence-electron chi connectivity index (χ0n) is 19.2. The molecule has 0 unspecified atom stereocenters. The number of aromatic nitrogens is 3. The van der Waals surface area contributed by atoms with E-state index in [2.05, 4.69) is 19.9 Å². The molecule has 0 radical (unpaired) electrons. The number of halogens is 3. The Bertz CT molecular complexity index is 1440. The lowest BCUT2D eigenvalue weighted by atomic mass is 9.88. The zero-order chi connectivity index (χ0) is 25.5. The minimum atomic E-state index is -4.75. The van der Waals surface area contributed by atoms with Gasteiger partial charge in [0.2, 0.25) is 0 Å². The molecule has 12 heteroatoms. The van der Waals surface area contributed by atoms with Crippen molar-refractivity contribution < 1.29 is 22.7 Å². The molecule has 1 fully saturated rings. The Morgan fingerprint density at radius 3 is 2.61 bits per heavy atom. The molecule has 9 nitrogen and oxygen atoms in total. The second-order valence-corrected chi connectivity index (χ2v) is 8.85. The number of nitriles is 1. The lowest BCUT2D eigenvalue weighted by Gasteiger charge is -2.26. The van der Waals surface area contributed by atoms with Crippen molar-refractivity contribution in [2.75, 3.05) is 18.0 Å². The Labute approximate surface area is 203 Å². The van der Waals surface area contributed by atoms with Crippen LogP contribution in [-0.2, 0) is 11.9 Å². The summed E-state index contributed by atoms with van der Waals surface area (Å²) in [5.74, 6) is 0.133. The average Bonchev–Trinajstić information content (AvgIpc) is 3.15. The van der Waals surface area contributed by atoms with Crippen molar-refractivity contribution in [3.63, 3.8) is 0 Å². The fourth-order valence-corrected chi connectivity index (χ4v) is 4.66. The van der Waals surface area contributed by atoms with Gasteiger partial charge in [-0.3, -0.25) is 4.57 Å². The number of pyridine rings is 1. The first-order valence-corrected chi connectivity index (χ1v) is 11.3. The van der Waals surface area contributed by atoms with E-state index in [9.17, 15) is 23.2 Å². The number of nitrogens with zero attached hydrogens (tertiary/aromatic N) is 6. The predicted molar refractivity (Wildman–Crippen MR) is 124 cm³/mol. The van der Waals surface area contributed by atoms with Gasteiger partial charge in [-0.2, -0.15) is 10.2 Å². The summed E-state index contributed by atoms with van der Waals surface area (Å²) in [6, 6.07) is 10.8. The van der Waals surface area contributed by atoms with Gasteiger partial charge < -0.3 is 14.5 Å². The van der Waals surface area contributed by atoms with E-state index in [4.69, 9.17) is 4.84 Å². The third kappa shape index (κ3) is 4.56. The van der Waals surface area contributed by atoms with E-state index in [0.29, 0.717) is 60.5 Å². The first kappa shape index (κ1) is 23.6. The van der Waals surface area contributed by atoms with Crippen LogP contribution in [0, 0.1) is 11.3 Å². The molecule has 2 aliphatic heterocycles. The highest BCUT2D eigenvalue weighted by molar-refractivity contribution is 6.01. The van der Waals surface area contributed by atoms with Crippen LogP contribution in [0.25, 0.3) is 11.0 Å². The quantitative estimate of drug-likeness (QED) is 0.543. The van der Waals surface area contributed by atoms with Gasteiger partial charge in [-0.15, -0.1) is 13.2 Å². The fraction of sp³-hybridized carbons (Fsp3) is 0.375. The number of benzene rings is 1. The number of anilines is 1. The van der Waals surface area contributed by atoms with E-state index in [-0.39, 0.29) is 11.4 Å². The topological polar surface area (TPSA) is 106 Å². The molecule has 4 heterocycles. The summed E-state index contributed by atoms with van der Waals surface area (Å²) in [6.45, 7) is 1.13. The summed E-state index contributed by atoms with van der Waals surface area (Å²) < 4.78 is 42.6. The van der Waals surface area contributed by atoms with Crippen LogP contribution in [0.2, 0.25) is 0 Å². The minimum absolute atomic E-state index is 0.235. The van der Waals surface area contributed by atoms with E-state index in [1.54, 1.807) is 19.2 Å². The van der Waals surface area contributed by atoms with Crippen molar-refractivity contribution in [3.05, 3.63) is 58.1 Å². The number of ether oxygens (including phenoxy) is 1. The molecule has 1 saturated heterocycles. The molecule has 0 bridgehead atoms. The summed E-state index contributed by atoms with van der Waals surface area (Å²) in [6.07, 6.45) is -2.23. The number of fused-ring (bicyclic) bond motifs is 1. The van der Waals surface area contributed by atoms with Gasteiger partial charge in [0, 0.05) is 33.0 Å². The monoisotopic (exact) mass is 498 g/mol. The summed E-state index contributed by atoms with van der Waals surface area (Å²) in [5, 5.41) is 13.5. The summed E-state index contributed by atoms with van der Waals surface area (Å²) in [5.41, 5.74) is 1.64.